The molecule has 32 heavy (non-hydrogen) atoms. The summed E-state index contributed by atoms with van der Waals surface area (Å²) in [4.78, 5) is 31.8. The Morgan fingerprint density at radius 3 is 2.72 bits per heavy atom. The maximum atomic E-state index is 12.8. The van der Waals surface area contributed by atoms with E-state index in [4.69, 9.17) is 4.74 Å². The maximum absolute atomic E-state index is 12.8. The molecule has 168 valence electrons. The Balaban J connectivity index is 1.35. The minimum Gasteiger partial charge on any atom is -0.379 e. The summed E-state index contributed by atoms with van der Waals surface area (Å²) in [5.41, 5.74) is 0.837. The zero-order chi connectivity index (χ0) is 22.6. The summed E-state index contributed by atoms with van der Waals surface area (Å²) in [6.07, 6.45) is 1.13. The summed E-state index contributed by atoms with van der Waals surface area (Å²) in [6.45, 7) is 1.35. The van der Waals surface area contributed by atoms with E-state index in [2.05, 4.69) is 15.3 Å². The van der Waals surface area contributed by atoms with Crippen molar-refractivity contribution < 1.29 is 17.9 Å². The van der Waals surface area contributed by atoms with Crippen LogP contribution in [0.1, 0.15) is 18.7 Å². The minimum atomic E-state index is -3.64. The van der Waals surface area contributed by atoms with Gasteiger partial charge in [0.1, 0.15) is 5.82 Å². The van der Waals surface area contributed by atoms with Gasteiger partial charge in [0.25, 0.3) is 5.56 Å². The number of hydrogen-bond donors (Lipinski definition) is 2. The number of aromatic nitrogens is 2. The van der Waals surface area contributed by atoms with Crippen molar-refractivity contribution in [3.05, 3.63) is 64.7 Å². The molecule has 4 rings (SSSR count). The molecule has 1 aliphatic heterocycles. The van der Waals surface area contributed by atoms with Gasteiger partial charge >= 0.3 is 0 Å². The van der Waals surface area contributed by atoms with Gasteiger partial charge in [-0.2, -0.15) is 4.31 Å². The Labute approximate surface area is 185 Å². The van der Waals surface area contributed by atoms with E-state index in [-0.39, 0.29) is 22.8 Å². The molecule has 2 N–H and O–H groups in total. The van der Waals surface area contributed by atoms with Crippen LogP contribution in [0.4, 0.5) is 5.69 Å². The zero-order valence-corrected chi connectivity index (χ0v) is 18.2. The van der Waals surface area contributed by atoms with Gasteiger partial charge in [-0.1, -0.05) is 18.2 Å². The lowest BCUT2D eigenvalue weighted by Crippen LogP contribution is -2.40. The zero-order valence-electron chi connectivity index (χ0n) is 17.4. The first-order chi connectivity index (χ1) is 15.4. The molecule has 10 heteroatoms. The van der Waals surface area contributed by atoms with Crippen molar-refractivity contribution in [2.24, 2.45) is 0 Å². The third-order valence-electron chi connectivity index (χ3n) is 5.20. The number of nitrogens with one attached hydrogen (secondary N) is 2. The van der Waals surface area contributed by atoms with Gasteiger partial charge in [0.15, 0.2) is 0 Å². The van der Waals surface area contributed by atoms with E-state index >= 15 is 0 Å². The fourth-order valence-electron chi connectivity index (χ4n) is 3.56. The van der Waals surface area contributed by atoms with E-state index in [0.717, 1.165) is 0 Å². The molecule has 1 aliphatic rings. The van der Waals surface area contributed by atoms with Gasteiger partial charge in [-0.05, 0) is 36.8 Å². The molecule has 3 aromatic rings. The summed E-state index contributed by atoms with van der Waals surface area (Å²) in [6, 6.07) is 13.3. The van der Waals surface area contributed by atoms with Crippen LogP contribution in [0.15, 0.2) is 58.2 Å². The molecule has 1 amide bonds. The van der Waals surface area contributed by atoms with E-state index in [1.54, 1.807) is 30.3 Å². The molecule has 1 saturated heterocycles. The average molecular weight is 457 g/mol. The van der Waals surface area contributed by atoms with Gasteiger partial charge in [-0.15, -0.1) is 0 Å². The van der Waals surface area contributed by atoms with Crippen LogP contribution in [0.25, 0.3) is 10.9 Å². The number of para-hydroxylation sites is 1. The normalized spacial score (nSPS) is 15.0. The summed E-state index contributed by atoms with van der Waals surface area (Å²) in [5, 5.41) is 3.27. The number of benzene rings is 2. The highest BCUT2D eigenvalue weighted by Crippen LogP contribution is 2.21. The number of anilines is 1. The van der Waals surface area contributed by atoms with Crippen molar-refractivity contribution in [1.29, 1.82) is 0 Å². The van der Waals surface area contributed by atoms with Gasteiger partial charge in [0.05, 0.1) is 29.0 Å². The standard InChI is InChI=1S/C22H24N4O5S/c27-21(10-4-9-20-24-19-8-2-1-7-18(19)22(28)25-20)23-16-5-3-6-17(15-16)32(29,30)26-11-13-31-14-12-26/h1-3,5-8,15H,4,9-14H2,(H,23,27)(H,24,25,28). The second kappa shape index (κ2) is 9.60. The molecule has 0 aliphatic carbocycles. The number of rotatable bonds is 7. The molecule has 9 nitrogen and oxygen atoms in total. The lowest BCUT2D eigenvalue weighted by molar-refractivity contribution is -0.116. The predicted octanol–water partition coefficient (Wildman–Crippen LogP) is 1.91. The first-order valence-electron chi connectivity index (χ1n) is 10.4. The Hall–Kier alpha value is -3.08. The number of nitrogens with zero attached hydrogens (tertiary/aromatic N) is 2. The van der Waals surface area contributed by atoms with E-state index in [9.17, 15) is 18.0 Å². The average Bonchev–Trinajstić information content (AvgIpc) is 2.80. The monoisotopic (exact) mass is 456 g/mol. The Morgan fingerprint density at radius 2 is 1.91 bits per heavy atom. The quantitative estimate of drug-likeness (QED) is 0.560. The predicted molar refractivity (Wildman–Crippen MR) is 120 cm³/mol. The molecule has 0 radical (unpaired) electrons. The number of ether oxygens (including phenoxy) is 1. The lowest BCUT2D eigenvalue weighted by atomic mass is 10.2. The molecule has 2 aromatic carbocycles. The topological polar surface area (TPSA) is 121 Å². The van der Waals surface area contributed by atoms with Crippen LogP contribution in [0.2, 0.25) is 0 Å². The van der Waals surface area contributed by atoms with Crippen LogP contribution in [-0.2, 0) is 26.0 Å². The van der Waals surface area contributed by atoms with Crippen molar-refractivity contribution in [1.82, 2.24) is 14.3 Å². The summed E-state index contributed by atoms with van der Waals surface area (Å²) >= 11 is 0. The van der Waals surface area contributed by atoms with Crippen LogP contribution in [0, 0.1) is 0 Å². The Morgan fingerprint density at radius 1 is 1.12 bits per heavy atom. The van der Waals surface area contributed by atoms with Gasteiger partial charge in [-0.25, -0.2) is 13.4 Å². The van der Waals surface area contributed by atoms with Crippen molar-refractivity contribution in [3.63, 3.8) is 0 Å². The maximum Gasteiger partial charge on any atom is 0.258 e. The SMILES string of the molecule is O=C(CCCc1nc2ccccc2c(=O)[nH]1)Nc1cccc(S(=O)(=O)N2CCOCC2)c1. The van der Waals surface area contributed by atoms with Crippen molar-refractivity contribution in [3.8, 4) is 0 Å². The number of amides is 1. The van der Waals surface area contributed by atoms with E-state index in [1.807, 2.05) is 6.07 Å². The number of H-pyrrole nitrogens is 1. The number of morpholine rings is 1. The highest BCUT2D eigenvalue weighted by Gasteiger charge is 2.26. The Bertz CT molecular complexity index is 1280. The van der Waals surface area contributed by atoms with Crippen LogP contribution in [0.5, 0.6) is 0 Å². The van der Waals surface area contributed by atoms with E-state index in [1.165, 1.54) is 16.4 Å². The van der Waals surface area contributed by atoms with Gasteiger partial charge in [-0.3, -0.25) is 9.59 Å². The number of aromatic amines is 1. The first-order valence-corrected chi connectivity index (χ1v) is 11.8. The molecule has 0 bridgehead atoms. The molecule has 0 atom stereocenters. The fraction of sp³-hybridized carbons (Fsp3) is 0.318. The van der Waals surface area contributed by atoms with Crippen LogP contribution in [0.3, 0.4) is 0 Å². The summed E-state index contributed by atoms with van der Waals surface area (Å²) in [5.74, 6) is 0.286. The molecular weight excluding hydrogens is 432 g/mol. The molecule has 1 aromatic heterocycles. The first kappa shape index (κ1) is 22.1. The van der Waals surface area contributed by atoms with Gasteiger partial charge < -0.3 is 15.0 Å². The van der Waals surface area contributed by atoms with Crippen LogP contribution in [-0.4, -0.2) is 54.9 Å². The second-order valence-electron chi connectivity index (χ2n) is 7.48. The molecule has 0 unspecified atom stereocenters. The molecule has 1 fully saturated rings. The molecule has 2 heterocycles. The van der Waals surface area contributed by atoms with E-state index in [0.29, 0.717) is 61.6 Å². The summed E-state index contributed by atoms with van der Waals surface area (Å²) in [7, 11) is -3.64. The van der Waals surface area contributed by atoms with Gasteiger partial charge in [0, 0.05) is 31.6 Å². The van der Waals surface area contributed by atoms with Crippen molar-refractivity contribution >= 4 is 32.5 Å². The largest absolute Gasteiger partial charge is 0.379 e. The highest BCUT2D eigenvalue weighted by molar-refractivity contribution is 7.89. The number of aryl methyl sites for hydroxylation is 1. The molecular formula is C22H24N4O5S. The third kappa shape index (κ3) is 5.04. The minimum absolute atomic E-state index is 0.134. The number of fused-ring (bicyclic) bond motifs is 1. The summed E-state index contributed by atoms with van der Waals surface area (Å²) < 4.78 is 32.2. The number of carbonyl (C=O) groups excluding carboxylic acids is 1. The van der Waals surface area contributed by atoms with Crippen molar-refractivity contribution in [2.45, 2.75) is 24.2 Å². The Kier molecular flexibility index (Phi) is 6.63. The molecule has 0 spiro atoms. The van der Waals surface area contributed by atoms with Gasteiger partial charge in [0.2, 0.25) is 15.9 Å². The smallest absolute Gasteiger partial charge is 0.258 e. The highest BCUT2D eigenvalue weighted by atomic mass is 32.2. The second-order valence-corrected chi connectivity index (χ2v) is 9.41. The third-order valence-corrected chi connectivity index (χ3v) is 7.10. The molecule has 0 saturated carbocycles. The number of carbonyl (C=O) groups is 1. The number of hydrogen-bond acceptors (Lipinski definition) is 6. The van der Waals surface area contributed by atoms with E-state index < -0.39 is 10.0 Å². The van der Waals surface area contributed by atoms with Crippen molar-refractivity contribution in [2.75, 3.05) is 31.6 Å². The van der Waals surface area contributed by atoms with Crippen LogP contribution >= 0.6 is 0 Å². The fourth-order valence-corrected chi connectivity index (χ4v) is 5.02. The van der Waals surface area contributed by atoms with Crippen LogP contribution < -0.4 is 10.9 Å². The lowest BCUT2D eigenvalue weighted by Gasteiger charge is -2.26. The number of sulfonamides is 1.